The number of rotatable bonds is 1. The molecule has 2 nitrogen and oxygen atoms in total. The highest BCUT2D eigenvalue weighted by Gasteiger charge is 2.30. The molecule has 2 heterocycles. The molecule has 1 N–H and O–H groups in total. The van der Waals surface area contributed by atoms with Crippen LogP contribution in [-0.4, -0.2) is 18.8 Å². The molecule has 0 aromatic rings. The summed E-state index contributed by atoms with van der Waals surface area (Å²) in [6, 6.07) is 0.426. The normalized spacial score (nSPS) is 38.2. The van der Waals surface area contributed by atoms with E-state index in [0.717, 1.165) is 6.61 Å². The predicted molar refractivity (Wildman–Crippen MR) is 34.9 cm³/mol. The van der Waals surface area contributed by atoms with Gasteiger partial charge in [-0.3, -0.25) is 0 Å². The molecule has 0 aliphatic carbocycles. The van der Waals surface area contributed by atoms with Crippen LogP contribution in [0.25, 0.3) is 0 Å². The van der Waals surface area contributed by atoms with Gasteiger partial charge in [-0.15, -0.1) is 0 Å². The van der Waals surface area contributed by atoms with Gasteiger partial charge in [-0.05, 0) is 12.3 Å². The van der Waals surface area contributed by atoms with Crippen LogP contribution in [0.1, 0.15) is 0 Å². The van der Waals surface area contributed by atoms with Crippen LogP contribution >= 0.6 is 0 Å². The van der Waals surface area contributed by atoms with Crippen molar-refractivity contribution in [3.63, 3.8) is 0 Å². The van der Waals surface area contributed by atoms with Crippen LogP contribution in [0.5, 0.6) is 0 Å². The van der Waals surface area contributed by atoms with Crippen LogP contribution in [0, 0.1) is 0 Å². The lowest BCUT2D eigenvalue weighted by Crippen LogP contribution is -2.28. The van der Waals surface area contributed by atoms with E-state index in [1.54, 1.807) is 0 Å². The molecule has 2 aliphatic heterocycles. The number of nitrogens with one attached hydrogen (secondary N) is 1. The van der Waals surface area contributed by atoms with Gasteiger partial charge in [0, 0.05) is 0 Å². The SMILES string of the molecule is C1=CNC(C2CO2)C=C1. The van der Waals surface area contributed by atoms with Crippen molar-refractivity contribution in [3.05, 3.63) is 24.4 Å². The van der Waals surface area contributed by atoms with Crippen LogP contribution < -0.4 is 5.32 Å². The first-order valence-corrected chi connectivity index (χ1v) is 3.18. The Balaban J connectivity index is 1.98. The second kappa shape index (κ2) is 1.88. The van der Waals surface area contributed by atoms with Crippen molar-refractivity contribution in [2.75, 3.05) is 6.61 Å². The molecule has 2 aliphatic rings. The molecule has 0 aromatic heterocycles. The molecule has 9 heavy (non-hydrogen) atoms. The van der Waals surface area contributed by atoms with Gasteiger partial charge in [0.25, 0.3) is 0 Å². The monoisotopic (exact) mass is 123 g/mol. The van der Waals surface area contributed by atoms with Gasteiger partial charge in [-0.1, -0.05) is 12.2 Å². The maximum Gasteiger partial charge on any atom is 0.105 e. The highest BCUT2D eigenvalue weighted by Crippen LogP contribution is 2.16. The number of epoxide rings is 1. The first-order chi connectivity index (χ1) is 4.47. The largest absolute Gasteiger partial charge is 0.382 e. The van der Waals surface area contributed by atoms with Crippen molar-refractivity contribution in [2.45, 2.75) is 12.1 Å². The lowest BCUT2D eigenvalue weighted by atomic mass is 10.2. The van der Waals surface area contributed by atoms with Gasteiger partial charge in [0.2, 0.25) is 0 Å². The number of hydrogen-bond acceptors (Lipinski definition) is 2. The van der Waals surface area contributed by atoms with Crippen LogP contribution in [0.2, 0.25) is 0 Å². The van der Waals surface area contributed by atoms with Crippen LogP contribution in [0.15, 0.2) is 24.4 Å². The van der Waals surface area contributed by atoms with Gasteiger partial charge in [-0.2, -0.15) is 0 Å². The summed E-state index contributed by atoms with van der Waals surface area (Å²) in [6.07, 6.45) is 8.54. The molecule has 1 fully saturated rings. The zero-order valence-corrected chi connectivity index (χ0v) is 5.08. The minimum Gasteiger partial charge on any atom is -0.382 e. The summed E-state index contributed by atoms with van der Waals surface area (Å²) in [5, 5.41) is 3.19. The number of dihydropyridines is 1. The maximum absolute atomic E-state index is 5.10. The number of hydrogen-bond donors (Lipinski definition) is 1. The van der Waals surface area contributed by atoms with E-state index < -0.39 is 0 Å². The second-order valence-corrected chi connectivity index (χ2v) is 2.31. The van der Waals surface area contributed by atoms with Gasteiger partial charge >= 0.3 is 0 Å². The fraction of sp³-hybridized carbons (Fsp3) is 0.429. The maximum atomic E-state index is 5.10. The summed E-state index contributed by atoms with van der Waals surface area (Å²) in [5.74, 6) is 0. The average molecular weight is 123 g/mol. The number of allylic oxidation sites excluding steroid dienone is 2. The molecular formula is C7H9NO. The molecule has 2 heteroatoms. The second-order valence-electron chi connectivity index (χ2n) is 2.31. The molecule has 48 valence electrons. The highest BCUT2D eigenvalue weighted by atomic mass is 16.6. The van der Waals surface area contributed by atoms with Crippen LogP contribution in [-0.2, 0) is 4.74 Å². The summed E-state index contributed by atoms with van der Waals surface area (Å²) >= 11 is 0. The standard InChI is InChI=1S/C7H9NO/c1-2-4-8-6(3-1)7-5-9-7/h1-4,6-8H,5H2. The highest BCUT2D eigenvalue weighted by molar-refractivity contribution is 5.15. The molecule has 0 spiro atoms. The molecule has 0 bridgehead atoms. The van der Waals surface area contributed by atoms with Gasteiger partial charge in [0.15, 0.2) is 0 Å². The Morgan fingerprint density at radius 1 is 1.44 bits per heavy atom. The zero-order chi connectivity index (χ0) is 6.10. The molecule has 0 saturated carbocycles. The van der Waals surface area contributed by atoms with E-state index in [1.165, 1.54) is 0 Å². The Hall–Kier alpha value is -0.760. The minimum atomic E-state index is 0.426. The lowest BCUT2D eigenvalue weighted by molar-refractivity contribution is 0.379. The summed E-state index contributed by atoms with van der Waals surface area (Å²) in [7, 11) is 0. The summed E-state index contributed by atoms with van der Waals surface area (Å²) in [4.78, 5) is 0. The Morgan fingerprint density at radius 3 is 2.89 bits per heavy atom. The Kier molecular flexibility index (Phi) is 1.06. The summed E-state index contributed by atoms with van der Waals surface area (Å²) in [5.41, 5.74) is 0. The third-order valence-electron chi connectivity index (χ3n) is 1.57. The molecule has 1 saturated heterocycles. The van der Waals surface area contributed by atoms with Gasteiger partial charge in [0.05, 0.1) is 12.6 Å². The molecule has 0 aromatic carbocycles. The van der Waals surface area contributed by atoms with E-state index in [1.807, 2.05) is 18.4 Å². The summed E-state index contributed by atoms with van der Waals surface area (Å²) < 4.78 is 5.10. The lowest BCUT2D eigenvalue weighted by Gasteiger charge is -2.11. The van der Waals surface area contributed by atoms with Crippen molar-refractivity contribution in [1.82, 2.24) is 5.32 Å². The average Bonchev–Trinajstić information content (AvgIpc) is 2.71. The third kappa shape index (κ3) is 0.980. The van der Waals surface area contributed by atoms with Crippen molar-refractivity contribution in [2.24, 2.45) is 0 Å². The van der Waals surface area contributed by atoms with Crippen molar-refractivity contribution in [1.29, 1.82) is 0 Å². The molecule has 0 amide bonds. The smallest absolute Gasteiger partial charge is 0.105 e. The molecular weight excluding hydrogens is 114 g/mol. The molecule has 2 unspecified atom stereocenters. The number of ether oxygens (including phenoxy) is 1. The fourth-order valence-corrected chi connectivity index (χ4v) is 0.956. The van der Waals surface area contributed by atoms with Gasteiger partial charge < -0.3 is 10.1 Å². The Bertz CT molecular complexity index is 158. The van der Waals surface area contributed by atoms with Gasteiger partial charge in [0.1, 0.15) is 6.10 Å². The van der Waals surface area contributed by atoms with E-state index in [9.17, 15) is 0 Å². The van der Waals surface area contributed by atoms with Crippen molar-refractivity contribution >= 4 is 0 Å². The fourth-order valence-electron chi connectivity index (χ4n) is 0.956. The quantitative estimate of drug-likeness (QED) is 0.511. The molecule has 2 rings (SSSR count). The van der Waals surface area contributed by atoms with E-state index in [0.29, 0.717) is 12.1 Å². The first kappa shape index (κ1) is 5.06. The minimum absolute atomic E-state index is 0.426. The Labute approximate surface area is 54.2 Å². The predicted octanol–water partition coefficient (Wildman–Crippen LogP) is 0.427. The van der Waals surface area contributed by atoms with Crippen LogP contribution in [0.4, 0.5) is 0 Å². The van der Waals surface area contributed by atoms with Crippen molar-refractivity contribution in [3.8, 4) is 0 Å². The van der Waals surface area contributed by atoms with Crippen LogP contribution in [0.3, 0.4) is 0 Å². The topological polar surface area (TPSA) is 24.6 Å². The third-order valence-corrected chi connectivity index (χ3v) is 1.57. The van der Waals surface area contributed by atoms with E-state index >= 15 is 0 Å². The molecule has 0 radical (unpaired) electrons. The molecule has 2 atom stereocenters. The van der Waals surface area contributed by atoms with Crippen molar-refractivity contribution < 1.29 is 4.74 Å². The zero-order valence-electron chi connectivity index (χ0n) is 5.08. The Morgan fingerprint density at radius 2 is 2.33 bits per heavy atom. The van der Waals surface area contributed by atoms with E-state index in [4.69, 9.17) is 4.74 Å². The van der Waals surface area contributed by atoms with Gasteiger partial charge in [-0.25, -0.2) is 0 Å². The first-order valence-electron chi connectivity index (χ1n) is 3.18. The van der Waals surface area contributed by atoms with E-state index in [2.05, 4.69) is 11.4 Å². The van der Waals surface area contributed by atoms with E-state index in [-0.39, 0.29) is 0 Å². The summed E-state index contributed by atoms with van der Waals surface area (Å²) in [6.45, 7) is 0.913.